The third kappa shape index (κ3) is 6.11. The number of sulfonamides is 1. The Morgan fingerprint density at radius 3 is 2.76 bits per heavy atom. The minimum atomic E-state index is -3.69. The normalized spacial score (nSPS) is 13.8. The first-order valence-electron chi connectivity index (χ1n) is 6.44. The molecule has 4 N–H and O–H groups in total. The molecule has 0 aliphatic rings. The van der Waals surface area contributed by atoms with Crippen molar-refractivity contribution >= 4 is 16.0 Å². The van der Waals surface area contributed by atoms with E-state index in [0.29, 0.717) is 19.1 Å². The fourth-order valence-electron chi connectivity index (χ4n) is 1.74. The summed E-state index contributed by atoms with van der Waals surface area (Å²) in [5.41, 5.74) is 0.795. The van der Waals surface area contributed by atoms with Crippen LogP contribution in [0.2, 0.25) is 0 Å². The summed E-state index contributed by atoms with van der Waals surface area (Å²) in [5, 5.41) is 11.4. The average molecular weight is 314 g/mol. The molecule has 0 saturated carbocycles. The van der Waals surface area contributed by atoms with Crippen molar-refractivity contribution in [3.05, 3.63) is 29.8 Å². The standard InChI is InChI=1S/C13H22N4O3S/c1-10(9-20-3)17-13(15-2)16-8-11-5-4-6-12(7-11)21(14,18)19/h4-7,10H,8-9H2,1-3H3,(H2,14,18,19)(H2,15,16,17). The number of hydrogen-bond donors (Lipinski definition) is 3. The minimum Gasteiger partial charge on any atom is -0.383 e. The lowest BCUT2D eigenvalue weighted by Crippen LogP contribution is -2.43. The van der Waals surface area contributed by atoms with E-state index in [0.717, 1.165) is 5.56 Å². The third-order valence-electron chi connectivity index (χ3n) is 2.71. The number of primary sulfonamides is 1. The van der Waals surface area contributed by atoms with E-state index in [1.165, 1.54) is 12.1 Å². The van der Waals surface area contributed by atoms with Gasteiger partial charge in [-0.05, 0) is 24.6 Å². The fraction of sp³-hybridized carbons (Fsp3) is 0.462. The molecule has 0 amide bonds. The highest BCUT2D eigenvalue weighted by molar-refractivity contribution is 7.89. The highest BCUT2D eigenvalue weighted by atomic mass is 32.2. The van der Waals surface area contributed by atoms with E-state index < -0.39 is 10.0 Å². The van der Waals surface area contributed by atoms with Crippen molar-refractivity contribution in [1.82, 2.24) is 10.6 Å². The molecule has 0 radical (unpaired) electrons. The summed E-state index contributed by atoms with van der Waals surface area (Å²) in [4.78, 5) is 4.19. The highest BCUT2D eigenvalue weighted by Gasteiger charge is 2.08. The van der Waals surface area contributed by atoms with Crippen molar-refractivity contribution in [2.75, 3.05) is 20.8 Å². The number of nitrogens with zero attached hydrogens (tertiary/aromatic N) is 1. The molecule has 0 aromatic heterocycles. The van der Waals surface area contributed by atoms with Gasteiger partial charge in [0.2, 0.25) is 10.0 Å². The molecule has 0 heterocycles. The van der Waals surface area contributed by atoms with E-state index in [1.54, 1.807) is 20.2 Å². The second-order valence-electron chi connectivity index (χ2n) is 4.62. The average Bonchev–Trinajstić information content (AvgIpc) is 2.43. The van der Waals surface area contributed by atoms with Gasteiger partial charge < -0.3 is 15.4 Å². The molecule has 0 aliphatic carbocycles. The van der Waals surface area contributed by atoms with E-state index >= 15 is 0 Å². The topological polar surface area (TPSA) is 106 Å². The molecule has 1 aromatic rings. The van der Waals surface area contributed by atoms with E-state index in [2.05, 4.69) is 15.6 Å². The Kier molecular flexibility index (Phi) is 6.60. The lowest BCUT2D eigenvalue weighted by atomic mass is 10.2. The van der Waals surface area contributed by atoms with E-state index in [1.807, 2.05) is 13.0 Å². The first kappa shape index (κ1) is 17.4. The van der Waals surface area contributed by atoms with Crippen molar-refractivity contribution in [3.8, 4) is 0 Å². The number of aliphatic imine (C=N–C) groups is 1. The molecule has 0 spiro atoms. The Morgan fingerprint density at radius 1 is 1.48 bits per heavy atom. The number of benzene rings is 1. The summed E-state index contributed by atoms with van der Waals surface area (Å²) in [6.07, 6.45) is 0. The smallest absolute Gasteiger partial charge is 0.238 e. The third-order valence-corrected chi connectivity index (χ3v) is 3.62. The van der Waals surface area contributed by atoms with Crippen LogP contribution in [-0.4, -0.2) is 41.2 Å². The van der Waals surface area contributed by atoms with Crippen LogP contribution >= 0.6 is 0 Å². The SMILES string of the molecule is CN=C(NCc1cccc(S(N)(=O)=O)c1)NC(C)COC. The molecule has 1 unspecified atom stereocenters. The Hall–Kier alpha value is -1.64. The van der Waals surface area contributed by atoms with Gasteiger partial charge in [-0.1, -0.05) is 12.1 Å². The quantitative estimate of drug-likeness (QED) is 0.507. The summed E-state index contributed by atoms with van der Waals surface area (Å²) in [7, 11) is -0.392. The van der Waals surface area contributed by atoms with Gasteiger partial charge in [-0.3, -0.25) is 4.99 Å². The van der Waals surface area contributed by atoms with E-state index in [9.17, 15) is 8.42 Å². The van der Waals surface area contributed by atoms with Gasteiger partial charge in [-0.25, -0.2) is 13.6 Å². The summed E-state index contributed by atoms with van der Waals surface area (Å²) < 4.78 is 27.6. The van der Waals surface area contributed by atoms with Crippen molar-refractivity contribution < 1.29 is 13.2 Å². The van der Waals surface area contributed by atoms with Crippen molar-refractivity contribution in [2.24, 2.45) is 10.1 Å². The maximum Gasteiger partial charge on any atom is 0.238 e. The molecule has 1 aromatic carbocycles. The molecule has 1 atom stereocenters. The molecule has 118 valence electrons. The van der Waals surface area contributed by atoms with Gasteiger partial charge in [0, 0.05) is 26.7 Å². The van der Waals surface area contributed by atoms with Crippen LogP contribution in [0.3, 0.4) is 0 Å². The van der Waals surface area contributed by atoms with Crippen molar-refractivity contribution in [1.29, 1.82) is 0 Å². The van der Waals surface area contributed by atoms with E-state index in [-0.39, 0.29) is 10.9 Å². The lowest BCUT2D eigenvalue weighted by molar-refractivity contribution is 0.179. The summed E-state index contributed by atoms with van der Waals surface area (Å²) in [5.74, 6) is 0.612. The maximum absolute atomic E-state index is 11.3. The fourth-order valence-corrected chi connectivity index (χ4v) is 2.32. The minimum absolute atomic E-state index is 0.0949. The molecule has 0 aliphatic heterocycles. The van der Waals surface area contributed by atoms with Gasteiger partial charge in [0.15, 0.2) is 5.96 Å². The zero-order chi connectivity index (χ0) is 15.9. The zero-order valence-electron chi connectivity index (χ0n) is 12.5. The Balaban J connectivity index is 2.66. The number of ether oxygens (including phenoxy) is 1. The number of nitrogens with one attached hydrogen (secondary N) is 2. The number of methoxy groups -OCH3 is 1. The summed E-state index contributed by atoms with van der Waals surface area (Å²) >= 11 is 0. The van der Waals surface area contributed by atoms with Gasteiger partial charge in [-0.15, -0.1) is 0 Å². The molecule has 0 bridgehead atoms. The monoisotopic (exact) mass is 314 g/mol. The number of rotatable bonds is 6. The largest absolute Gasteiger partial charge is 0.383 e. The lowest BCUT2D eigenvalue weighted by Gasteiger charge is -2.17. The summed E-state index contributed by atoms with van der Waals surface area (Å²) in [6, 6.07) is 6.58. The Bertz CT molecular complexity index is 587. The predicted octanol–water partition coefficient (Wildman–Crippen LogP) is 0.0339. The van der Waals surface area contributed by atoms with E-state index in [4.69, 9.17) is 9.88 Å². The highest BCUT2D eigenvalue weighted by Crippen LogP contribution is 2.09. The van der Waals surface area contributed by atoms with Gasteiger partial charge in [-0.2, -0.15) is 0 Å². The molecular formula is C13H22N4O3S. The molecule has 0 saturated heterocycles. The first-order valence-corrected chi connectivity index (χ1v) is 7.99. The van der Waals surface area contributed by atoms with Crippen LogP contribution in [0, 0.1) is 0 Å². The Morgan fingerprint density at radius 2 is 2.19 bits per heavy atom. The number of guanidine groups is 1. The van der Waals surface area contributed by atoms with Crippen LogP contribution in [-0.2, 0) is 21.3 Å². The van der Waals surface area contributed by atoms with Crippen LogP contribution in [0.4, 0.5) is 0 Å². The molecule has 21 heavy (non-hydrogen) atoms. The van der Waals surface area contributed by atoms with Crippen LogP contribution in [0.15, 0.2) is 34.2 Å². The summed E-state index contributed by atoms with van der Waals surface area (Å²) in [6.45, 7) is 2.96. The molecule has 0 fully saturated rings. The van der Waals surface area contributed by atoms with Gasteiger partial charge in [0.05, 0.1) is 11.5 Å². The van der Waals surface area contributed by atoms with Crippen LogP contribution in [0.25, 0.3) is 0 Å². The number of hydrogen-bond acceptors (Lipinski definition) is 4. The van der Waals surface area contributed by atoms with Crippen LogP contribution < -0.4 is 15.8 Å². The first-order chi connectivity index (χ1) is 9.86. The molecule has 1 rings (SSSR count). The second kappa shape index (κ2) is 7.96. The van der Waals surface area contributed by atoms with Crippen LogP contribution in [0.5, 0.6) is 0 Å². The van der Waals surface area contributed by atoms with Crippen LogP contribution in [0.1, 0.15) is 12.5 Å². The zero-order valence-corrected chi connectivity index (χ0v) is 13.3. The van der Waals surface area contributed by atoms with Gasteiger partial charge in [0.25, 0.3) is 0 Å². The predicted molar refractivity (Wildman–Crippen MR) is 82.5 cm³/mol. The van der Waals surface area contributed by atoms with Crippen molar-refractivity contribution in [2.45, 2.75) is 24.4 Å². The number of nitrogens with two attached hydrogens (primary N) is 1. The maximum atomic E-state index is 11.3. The van der Waals surface area contributed by atoms with Crippen molar-refractivity contribution in [3.63, 3.8) is 0 Å². The second-order valence-corrected chi connectivity index (χ2v) is 6.18. The Labute approximate surface area is 125 Å². The van der Waals surface area contributed by atoms with Gasteiger partial charge in [0.1, 0.15) is 0 Å². The molecule has 8 heteroatoms. The molecule has 7 nitrogen and oxygen atoms in total. The van der Waals surface area contributed by atoms with Gasteiger partial charge >= 0.3 is 0 Å². The molecular weight excluding hydrogens is 292 g/mol.